The molecule has 0 aromatic carbocycles. The van der Waals surface area contributed by atoms with E-state index < -0.39 is 97.5 Å². The molecule has 0 rings (SSSR count). The highest BCUT2D eigenvalue weighted by Gasteiger charge is 2.30. The van der Waals surface area contributed by atoms with Crippen LogP contribution in [-0.4, -0.2) is 96.7 Å². The third-order valence-corrected chi connectivity index (χ3v) is 17.8. The van der Waals surface area contributed by atoms with E-state index in [1.54, 1.807) is 0 Å². The number of ether oxygens (including phenoxy) is 4. The number of esters is 4. The number of rotatable bonds is 65. The Hall–Kier alpha value is -1.94. The van der Waals surface area contributed by atoms with Crippen LogP contribution in [0.5, 0.6) is 0 Å². The number of unbranched alkanes of at least 4 members (excludes halogenated alkanes) is 30. The molecule has 0 spiro atoms. The minimum atomic E-state index is -4.95. The number of aliphatic hydroxyl groups excluding tert-OH is 1. The van der Waals surface area contributed by atoms with Gasteiger partial charge in [-0.1, -0.05) is 280 Å². The van der Waals surface area contributed by atoms with Crippen molar-refractivity contribution in [2.24, 2.45) is 23.7 Å². The van der Waals surface area contributed by atoms with Crippen molar-refractivity contribution >= 4 is 39.5 Å². The molecular formula is C68H132O17P2. The second-order valence-electron chi connectivity index (χ2n) is 26.2. The Morgan fingerprint density at radius 2 is 0.552 bits per heavy atom. The van der Waals surface area contributed by atoms with Crippen molar-refractivity contribution < 1.29 is 80.2 Å². The fraction of sp³-hybridized carbons (Fsp3) is 0.941. The zero-order valence-electron chi connectivity index (χ0n) is 56.6. The molecule has 0 fully saturated rings. The average Bonchev–Trinajstić information content (AvgIpc) is 3.62. The SMILES string of the molecule is CCC(C)CCCCCCCCCCC(=O)OC[C@H](COP(=O)(O)OCC(O)COP(=O)(O)OC[C@@H](COC(=O)CCCCCCCCCCC(C)C)OC(=O)CCCCCCCCCCC(C)C)OC(=O)CCCCCCCCCCCCC(C)C. The summed E-state index contributed by atoms with van der Waals surface area (Å²) in [6.07, 6.45) is 38.9. The van der Waals surface area contributed by atoms with Crippen LogP contribution in [0.25, 0.3) is 0 Å². The summed E-state index contributed by atoms with van der Waals surface area (Å²) in [5, 5.41) is 10.6. The summed E-state index contributed by atoms with van der Waals surface area (Å²) in [5.41, 5.74) is 0. The Morgan fingerprint density at radius 3 is 0.816 bits per heavy atom. The molecule has 17 nitrogen and oxygen atoms in total. The van der Waals surface area contributed by atoms with Crippen LogP contribution in [0, 0.1) is 23.7 Å². The van der Waals surface area contributed by atoms with Gasteiger partial charge in [0.05, 0.1) is 26.4 Å². The first-order valence-corrected chi connectivity index (χ1v) is 38.2. The fourth-order valence-corrected chi connectivity index (χ4v) is 11.7. The van der Waals surface area contributed by atoms with Gasteiger partial charge >= 0.3 is 39.5 Å². The first-order valence-electron chi connectivity index (χ1n) is 35.2. The zero-order chi connectivity index (χ0) is 64.7. The van der Waals surface area contributed by atoms with Crippen molar-refractivity contribution in [2.75, 3.05) is 39.6 Å². The van der Waals surface area contributed by atoms with E-state index in [2.05, 4.69) is 55.4 Å². The molecule has 3 N–H and O–H groups in total. The van der Waals surface area contributed by atoms with Gasteiger partial charge in [0, 0.05) is 25.7 Å². The van der Waals surface area contributed by atoms with Crippen LogP contribution in [0.4, 0.5) is 0 Å². The van der Waals surface area contributed by atoms with E-state index in [-0.39, 0.29) is 25.7 Å². The maximum Gasteiger partial charge on any atom is 0.472 e. The molecule has 0 saturated carbocycles. The Labute approximate surface area is 530 Å². The molecule has 0 amide bonds. The molecule has 0 radical (unpaired) electrons. The highest BCUT2D eigenvalue weighted by atomic mass is 31.2. The van der Waals surface area contributed by atoms with Gasteiger partial charge < -0.3 is 33.8 Å². The lowest BCUT2D eigenvalue weighted by atomic mass is 9.99. The highest BCUT2D eigenvalue weighted by molar-refractivity contribution is 7.47. The molecule has 0 saturated heterocycles. The Kier molecular flexibility index (Phi) is 56.6. The van der Waals surface area contributed by atoms with Crippen LogP contribution in [0.1, 0.15) is 331 Å². The molecule has 516 valence electrons. The number of hydrogen-bond acceptors (Lipinski definition) is 15. The number of hydrogen-bond donors (Lipinski definition) is 3. The fourth-order valence-electron chi connectivity index (χ4n) is 10.1. The van der Waals surface area contributed by atoms with Crippen LogP contribution < -0.4 is 0 Å². The molecule has 0 aliphatic carbocycles. The summed E-state index contributed by atoms with van der Waals surface area (Å²) in [6, 6.07) is 0. The summed E-state index contributed by atoms with van der Waals surface area (Å²) in [6.45, 7) is 14.0. The van der Waals surface area contributed by atoms with E-state index in [0.717, 1.165) is 114 Å². The topological polar surface area (TPSA) is 237 Å². The molecule has 19 heteroatoms. The van der Waals surface area contributed by atoms with Crippen molar-refractivity contribution in [3.8, 4) is 0 Å². The van der Waals surface area contributed by atoms with Crippen molar-refractivity contribution in [2.45, 2.75) is 350 Å². The molecule has 87 heavy (non-hydrogen) atoms. The lowest BCUT2D eigenvalue weighted by Gasteiger charge is -2.21. The van der Waals surface area contributed by atoms with Gasteiger partial charge in [0.25, 0.3) is 0 Å². The second-order valence-corrected chi connectivity index (χ2v) is 29.1. The molecule has 0 heterocycles. The first-order chi connectivity index (χ1) is 41.6. The quantitative estimate of drug-likeness (QED) is 0.0222. The molecule has 0 aliphatic rings. The predicted octanol–water partition coefficient (Wildman–Crippen LogP) is 18.9. The first kappa shape index (κ1) is 85.1. The number of carbonyl (C=O) groups excluding carboxylic acids is 4. The summed E-state index contributed by atoms with van der Waals surface area (Å²) in [5.74, 6) is 0.840. The number of carbonyl (C=O) groups is 4. The van der Waals surface area contributed by atoms with E-state index >= 15 is 0 Å². The van der Waals surface area contributed by atoms with E-state index in [4.69, 9.17) is 37.0 Å². The van der Waals surface area contributed by atoms with Gasteiger partial charge in [0.2, 0.25) is 0 Å². The van der Waals surface area contributed by atoms with Gasteiger partial charge in [-0.2, -0.15) is 0 Å². The standard InChI is InChI=1S/C68H132O17P2/c1-9-61(8)47-39-31-23-16-19-25-33-41-49-66(71)79-54-63(84-67(72)50-42-34-26-13-11-10-12-20-28-36-44-58(2)3)56-82-86(74,75)80-52-62(69)53-81-87(76,77)83-57-64(85-68(73)51-43-35-27-18-15-22-30-38-46-60(6)7)55-78-65(70)48-40-32-24-17-14-21-29-37-45-59(4)5/h58-64,69H,9-57H2,1-8H3,(H,74,75)(H,76,77)/t61?,62?,63-,64-/m1/s1. The number of phosphoric ester groups is 2. The molecule has 0 aromatic heterocycles. The van der Waals surface area contributed by atoms with Gasteiger partial charge in [-0.15, -0.1) is 0 Å². The van der Waals surface area contributed by atoms with Crippen LogP contribution in [-0.2, 0) is 65.4 Å². The maximum atomic E-state index is 13.0. The minimum Gasteiger partial charge on any atom is -0.462 e. The largest absolute Gasteiger partial charge is 0.472 e. The Morgan fingerprint density at radius 1 is 0.322 bits per heavy atom. The van der Waals surface area contributed by atoms with Gasteiger partial charge in [0.1, 0.15) is 19.3 Å². The molecular weight excluding hydrogens is 1150 g/mol. The summed E-state index contributed by atoms with van der Waals surface area (Å²) in [7, 11) is -9.90. The van der Waals surface area contributed by atoms with Crippen LogP contribution in [0.15, 0.2) is 0 Å². The lowest BCUT2D eigenvalue weighted by molar-refractivity contribution is -0.161. The summed E-state index contributed by atoms with van der Waals surface area (Å²) >= 11 is 0. The smallest absolute Gasteiger partial charge is 0.462 e. The normalized spacial score (nSPS) is 14.6. The average molecular weight is 1280 g/mol. The number of phosphoric acid groups is 2. The van der Waals surface area contributed by atoms with E-state index in [1.807, 2.05) is 0 Å². The minimum absolute atomic E-state index is 0.103. The Balaban J connectivity index is 5.27. The Bertz CT molecular complexity index is 1730. The third kappa shape index (κ3) is 61.3. The van der Waals surface area contributed by atoms with Crippen molar-refractivity contribution in [1.82, 2.24) is 0 Å². The van der Waals surface area contributed by atoms with Crippen molar-refractivity contribution in [3.05, 3.63) is 0 Å². The third-order valence-electron chi connectivity index (χ3n) is 15.9. The van der Waals surface area contributed by atoms with Gasteiger partial charge in [-0.3, -0.25) is 37.3 Å². The van der Waals surface area contributed by atoms with E-state index in [9.17, 15) is 43.2 Å². The van der Waals surface area contributed by atoms with Gasteiger partial charge in [-0.05, 0) is 49.4 Å². The van der Waals surface area contributed by atoms with Crippen LogP contribution >= 0.6 is 15.6 Å². The molecule has 0 aromatic rings. The van der Waals surface area contributed by atoms with Crippen LogP contribution in [0.2, 0.25) is 0 Å². The second kappa shape index (κ2) is 57.9. The summed E-state index contributed by atoms with van der Waals surface area (Å²) < 4.78 is 68.2. The molecule has 6 atom stereocenters. The molecule has 0 aliphatic heterocycles. The highest BCUT2D eigenvalue weighted by Crippen LogP contribution is 2.45. The molecule has 0 bridgehead atoms. The maximum absolute atomic E-state index is 13.0. The zero-order valence-corrected chi connectivity index (χ0v) is 58.4. The van der Waals surface area contributed by atoms with Crippen molar-refractivity contribution in [1.29, 1.82) is 0 Å². The van der Waals surface area contributed by atoms with E-state index in [0.29, 0.717) is 25.7 Å². The molecule has 4 unspecified atom stereocenters. The monoisotopic (exact) mass is 1280 g/mol. The van der Waals surface area contributed by atoms with Crippen LogP contribution in [0.3, 0.4) is 0 Å². The van der Waals surface area contributed by atoms with E-state index in [1.165, 1.54) is 135 Å². The van der Waals surface area contributed by atoms with Crippen molar-refractivity contribution in [3.63, 3.8) is 0 Å². The van der Waals surface area contributed by atoms with Gasteiger partial charge in [-0.25, -0.2) is 9.13 Å². The predicted molar refractivity (Wildman–Crippen MR) is 349 cm³/mol. The van der Waals surface area contributed by atoms with Gasteiger partial charge in [0.15, 0.2) is 12.2 Å². The lowest BCUT2D eigenvalue weighted by Crippen LogP contribution is -2.30. The summed E-state index contributed by atoms with van der Waals surface area (Å²) in [4.78, 5) is 72.4. The number of aliphatic hydroxyl groups is 1.